The minimum absolute atomic E-state index is 0.0678. The van der Waals surface area contributed by atoms with Gasteiger partial charge in [0.05, 0.1) is 18.8 Å². The number of methoxy groups -OCH3 is 1. The van der Waals surface area contributed by atoms with Crippen LogP contribution in [0.2, 0.25) is 0 Å². The number of hydrogen-bond donors (Lipinski definition) is 2. The van der Waals surface area contributed by atoms with Gasteiger partial charge in [-0.25, -0.2) is 0 Å². The van der Waals surface area contributed by atoms with Gasteiger partial charge in [-0.3, -0.25) is 0 Å². The molecular formula is C25H40O4. The van der Waals surface area contributed by atoms with Gasteiger partial charge in [-0.05, 0) is 87.4 Å². The Morgan fingerprint density at radius 3 is 2.52 bits per heavy atom. The highest BCUT2D eigenvalue weighted by atomic mass is 16.7. The second kappa shape index (κ2) is 7.32. The highest BCUT2D eigenvalue weighted by Gasteiger charge is 2.61. The molecule has 0 amide bonds. The Labute approximate surface area is 176 Å². The number of hydrogen-bond acceptors (Lipinski definition) is 4. The molecule has 2 N–H and O–H groups in total. The maximum absolute atomic E-state index is 10.6. The third-order valence-electron chi connectivity index (χ3n) is 10.1. The standard InChI is InChI=1S/C25H40O4/c1-23-13-10-21-19(6-5-17-15-18(27)9-14-24(17,21)16-26)20(23)7-8-22(23)29-25(28-2)11-3-4-12-25/h15,18-22,26-27H,3-14,16H2,1-2H3/t18-,19-,20-,21-,22-,23-,24+/m0/s1. The van der Waals surface area contributed by atoms with Crippen molar-refractivity contribution in [3.05, 3.63) is 11.6 Å². The lowest BCUT2D eigenvalue weighted by atomic mass is 9.47. The van der Waals surface area contributed by atoms with E-state index in [4.69, 9.17) is 9.47 Å². The van der Waals surface area contributed by atoms with Crippen molar-refractivity contribution < 1.29 is 19.7 Å². The lowest BCUT2D eigenvalue weighted by Crippen LogP contribution is -2.54. The molecule has 4 nitrogen and oxygen atoms in total. The Morgan fingerprint density at radius 1 is 1.00 bits per heavy atom. The van der Waals surface area contributed by atoms with Gasteiger partial charge in [0.2, 0.25) is 0 Å². The number of aliphatic hydroxyl groups is 2. The van der Waals surface area contributed by atoms with Crippen LogP contribution in [0.15, 0.2) is 11.6 Å². The summed E-state index contributed by atoms with van der Waals surface area (Å²) in [6.07, 6.45) is 15.4. The minimum atomic E-state index is -0.340. The van der Waals surface area contributed by atoms with E-state index in [0.29, 0.717) is 23.9 Å². The molecule has 29 heavy (non-hydrogen) atoms. The quantitative estimate of drug-likeness (QED) is 0.532. The van der Waals surface area contributed by atoms with Gasteiger partial charge in [0.15, 0.2) is 5.79 Å². The van der Waals surface area contributed by atoms with Crippen molar-refractivity contribution in [2.24, 2.45) is 28.6 Å². The zero-order valence-corrected chi connectivity index (χ0v) is 18.4. The SMILES string of the molecule is COC1(O[C@H]2CC[C@H]3[C@@H]4CCC5=C[C@@H](O)CC[C@]5(CO)[C@H]4CC[C@]23C)CCCC1. The molecule has 0 radical (unpaired) electrons. The molecule has 0 aromatic heterocycles. The average molecular weight is 405 g/mol. The average Bonchev–Trinajstić information content (AvgIpc) is 3.33. The van der Waals surface area contributed by atoms with Crippen LogP contribution in [0.25, 0.3) is 0 Å². The predicted octanol–water partition coefficient (Wildman–Crippen LogP) is 4.58. The van der Waals surface area contributed by atoms with Gasteiger partial charge >= 0.3 is 0 Å². The number of aliphatic hydroxyl groups excluding tert-OH is 2. The molecule has 5 aliphatic rings. The van der Waals surface area contributed by atoms with Gasteiger partial charge in [0.25, 0.3) is 0 Å². The molecule has 0 aromatic carbocycles. The number of fused-ring (bicyclic) bond motifs is 5. The first-order chi connectivity index (χ1) is 14.0. The third kappa shape index (κ3) is 3.00. The molecule has 0 spiro atoms. The summed E-state index contributed by atoms with van der Waals surface area (Å²) in [6, 6.07) is 0. The molecule has 0 aliphatic heterocycles. The molecule has 5 rings (SSSR count). The fourth-order valence-corrected chi connectivity index (χ4v) is 8.49. The van der Waals surface area contributed by atoms with E-state index in [1.54, 1.807) is 0 Å². The zero-order chi connectivity index (χ0) is 20.3. The molecule has 4 heteroatoms. The largest absolute Gasteiger partial charge is 0.395 e. The molecule has 5 aliphatic carbocycles. The fourth-order valence-electron chi connectivity index (χ4n) is 8.49. The summed E-state index contributed by atoms with van der Waals surface area (Å²) >= 11 is 0. The van der Waals surface area contributed by atoms with Crippen molar-refractivity contribution in [3.8, 4) is 0 Å². The first-order valence-electron chi connectivity index (χ1n) is 12.2. The van der Waals surface area contributed by atoms with Gasteiger partial charge in [0.1, 0.15) is 0 Å². The summed E-state index contributed by atoms with van der Waals surface area (Å²) in [7, 11) is 1.83. The molecule has 7 atom stereocenters. The van der Waals surface area contributed by atoms with Crippen molar-refractivity contribution in [1.29, 1.82) is 0 Å². The lowest BCUT2D eigenvalue weighted by molar-refractivity contribution is -0.263. The van der Waals surface area contributed by atoms with Crippen LogP contribution < -0.4 is 0 Å². The number of rotatable bonds is 4. The first kappa shape index (κ1) is 20.5. The van der Waals surface area contributed by atoms with E-state index in [1.807, 2.05) is 7.11 Å². The monoisotopic (exact) mass is 404 g/mol. The van der Waals surface area contributed by atoms with Gasteiger partial charge in [-0.1, -0.05) is 18.6 Å². The van der Waals surface area contributed by atoms with Crippen LogP contribution in [0.3, 0.4) is 0 Å². The van der Waals surface area contributed by atoms with Crippen molar-refractivity contribution in [2.75, 3.05) is 13.7 Å². The van der Waals surface area contributed by atoms with Crippen LogP contribution in [-0.2, 0) is 9.47 Å². The molecule has 4 saturated carbocycles. The highest BCUT2D eigenvalue weighted by molar-refractivity contribution is 5.26. The van der Waals surface area contributed by atoms with Crippen LogP contribution >= 0.6 is 0 Å². The summed E-state index contributed by atoms with van der Waals surface area (Å²) in [5, 5.41) is 20.7. The Kier molecular flexibility index (Phi) is 5.17. The van der Waals surface area contributed by atoms with Gasteiger partial charge < -0.3 is 19.7 Å². The summed E-state index contributed by atoms with van der Waals surface area (Å²) < 4.78 is 12.7. The van der Waals surface area contributed by atoms with Crippen molar-refractivity contribution >= 4 is 0 Å². The Balaban J connectivity index is 1.39. The van der Waals surface area contributed by atoms with Crippen LogP contribution in [0.1, 0.15) is 84.0 Å². The normalized spacial score (nSPS) is 48.6. The molecular weight excluding hydrogens is 364 g/mol. The van der Waals surface area contributed by atoms with Crippen LogP contribution in [0.5, 0.6) is 0 Å². The maximum Gasteiger partial charge on any atom is 0.168 e. The summed E-state index contributed by atoms with van der Waals surface area (Å²) in [6.45, 7) is 2.74. The molecule has 0 aromatic rings. The van der Waals surface area contributed by atoms with E-state index in [-0.39, 0.29) is 29.3 Å². The van der Waals surface area contributed by atoms with E-state index in [0.717, 1.165) is 38.5 Å². The van der Waals surface area contributed by atoms with Crippen molar-refractivity contribution in [3.63, 3.8) is 0 Å². The summed E-state index contributed by atoms with van der Waals surface area (Å²) in [5.41, 5.74) is 1.53. The second-order valence-corrected chi connectivity index (χ2v) is 11.1. The first-order valence-corrected chi connectivity index (χ1v) is 12.2. The molecule has 164 valence electrons. The van der Waals surface area contributed by atoms with Crippen LogP contribution in [-0.4, -0.2) is 41.9 Å². The Morgan fingerprint density at radius 2 is 1.79 bits per heavy atom. The second-order valence-electron chi connectivity index (χ2n) is 11.1. The van der Waals surface area contributed by atoms with E-state index >= 15 is 0 Å². The minimum Gasteiger partial charge on any atom is -0.395 e. The molecule has 0 bridgehead atoms. The predicted molar refractivity (Wildman–Crippen MR) is 112 cm³/mol. The van der Waals surface area contributed by atoms with Crippen molar-refractivity contribution in [1.82, 2.24) is 0 Å². The topological polar surface area (TPSA) is 58.9 Å². The molecule has 4 fully saturated rings. The summed E-state index contributed by atoms with van der Waals surface area (Å²) in [4.78, 5) is 0. The Bertz CT molecular complexity index is 653. The molecule has 0 unspecified atom stereocenters. The van der Waals surface area contributed by atoms with E-state index in [2.05, 4.69) is 13.0 Å². The van der Waals surface area contributed by atoms with Crippen LogP contribution in [0, 0.1) is 28.6 Å². The number of ether oxygens (including phenoxy) is 2. The van der Waals surface area contributed by atoms with Gasteiger partial charge in [-0.15, -0.1) is 0 Å². The smallest absolute Gasteiger partial charge is 0.168 e. The Hall–Kier alpha value is -0.420. The zero-order valence-electron chi connectivity index (χ0n) is 18.4. The lowest BCUT2D eigenvalue weighted by Gasteiger charge is -2.59. The van der Waals surface area contributed by atoms with E-state index in [1.165, 1.54) is 44.1 Å². The summed E-state index contributed by atoms with van der Waals surface area (Å²) in [5.74, 6) is 1.61. The van der Waals surface area contributed by atoms with E-state index in [9.17, 15) is 10.2 Å². The molecule has 0 heterocycles. The third-order valence-corrected chi connectivity index (χ3v) is 10.1. The van der Waals surface area contributed by atoms with E-state index < -0.39 is 0 Å². The highest BCUT2D eigenvalue weighted by Crippen LogP contribution is 2.66. The fraction of sp³-hybridized carbons (Fsp3) is 0.920. The van der Waals surface area contributed by atoms with Gasteiger partial charge in [0, 0.05) is 25.4 Å². The molecule has 0 saturated heterocycles. The maximum atomic E-state index is 10.6. The van der Waals surface area contributed by atoms with Crippen molar-refractivity contribution in [2.45, 2.75) is 102 Å². The van der Waals surface area contributed by atoms with Gasteiger partial charge in [-0.2, -0.15) is 0 Å². The van der Waals surface area contributed by atoms with Crippen LogP contribution in [0.4, 0.5) is 0 Å².